The number of carbonyl (C=O) groups is 1. The average Bonchev–Trinajstić information content (AvgIpc) is 2.84. The Kier molecular flexibility index (Phi) is 9.93. The number of hydrogen-bond acceptors (Lipinski definition) is 4. The molecule has 0 unspecified atom stereocenters. The number of rotatable bonds is 11. The standard InChI is InChI=1S/C27H28F5N3OS/c1-2-18-4-3-5-19(12-18)17-35(11-10-24(33)15-20-13-22(28)16-23(29)14-20)26(36)21-6-8-25(9-7-21)34-37-27(30,31)32/h3-9,12-14,16,24,34H,2,10-11,15,17,33H2,1H3/t24-/m1/s1. The van der Waals surface area contributed by atoms with Crippen LogP contribution >= 0.6 is 11.9 Å². The zero-order valence-electron chi connectivity index (χ0n) is 20.2. The Labute approximate surface area is 217 Å². The first-order valence-electron chi connectivity index (χ1n) is 11.7. The molecule has 198 valence electrons. The van der Waals surface area contributed by atoms with Gasteiger partial charge in [0.2, 0.25) is 0 Å². The summed E-state index contributed by atoms with van der Waals surface area (Å²) >= 11 is -0.380. The largest absolute Gasteiger partial charge is 0.461 e. The molecule has 1 amide bonds. The van der Waals surface area contributed by atoms with E-state index in [2.05, 4.69) is 4.72 Å². The van der Waals surface area contributed by atoms with Crippen LogP contribution in [0, 0.1) is 11.6 Å². The number of carbonyl (C=O) groups excluding carboxylic acids is 1. The molecule has 0 aliphatic heterocycles. The van der Waals surface area contributed by atoms with E-state index in [1.54, 1.807) is 4.90 Å². The number of nitrogens with one attached hydrogen (secondary N) is 1. The van der Waals surface area contributed by atoms with Crippen molar-refractivity contribution in [2.45, 2.75) is 44.3 Å². The first-order valence-corrected chi connectivity index (χ1v) is 12.5. The number of nitrogens with two attached hydrogens (primary N) is 1. The molecule has 0 saturated carbocycles. The highest BCUT2D eigenvalue weighted by Gasteiger charge is 2.29. The molecule has 0 bridgehead atoms. The Morgan fingerprint density at radius 2 is 1.62 bits per heavy atom. The highest BCUT2D eigenvalue weighted by Crippen LogP contribution is 2.31. The summed E-state index contributed by atoms with van der Waals surface area (Å²) in [7, 11) is 0. The second-order valence-electron chi connectivity index (χ2n) is 8.66. The minimum absolute atomic E-state index is 0.213. The molecule has 10 heteroatoms. The van der Waals surface area contributed by atoms with Crippen molar-refractivity contribution in [2.75, 3.05) is 11.3 Å². The Bertz CT molecular complexity index is 1170. The number of hydrogen-bond donors (Lipinski definition) is 2. The van der Waals surface area contributed by atoms with E-state index in [9.17, 15) is 26.7 Å². The summed E-state index contributed by atoms with van der Waals surface area (Å²) < 4.78 is 66.6. The third-order valence-corrected chi connectivity index (χ3v) is 6.24. The van der Waals surface area contributed by atoms with Gasteiger partial charge < -0.3 is 15.4 Å². The number of benzene rings is 3. The number of amides is 1. The Balaban J connectivity index is 1.73. The van der Waals surface area contributed by atoms with Crippen molar-refractivity contribution in [2.24, 2.45) is 5.73 Å². The van der Waals surface area contributed by atoms with Crippen molar-refractivity contribution in [1.29, 1.82) is 0 Å². The van der Waals surface area contributed by atoms with Crippen molar-refractivity contribution >= 4 is 23.5 Å². The van der Waals surface area contributed by atoms with E-state index in [1.165, 1.54) is 36.4 Å². The number of anilines is 1. The summed E-state index contributed by atoms with van der Waals surface area (Å²) in [6.07, 6.45) is 1.44. The van der Waals surface area contributed by atoms with Crippen LogP contribution in [0.2, 0.25) is 0 Å². The minimum atomic E-state index is -4.44. The van der Waals surface area contributed by atoms with Crippen molar-refractivity contribution in [3.8, 4) is 0 Å². The number of aryl methyl sites for hydroxylation is 1. The van der Waals surface area contributed by atoms with Crippen LogP contribution in [0.1, 0.15) is 40.4 Å². The maximum absolute atomic E-state index is 13.5. The summed E-state index contributed by atoms with van der Waals surface area (Å²) in [5, 5.41) is 0. The zero-order valence-corrected chi connectivity index (χ0v) is 21.0. The van der Waals surface area contributed by atoms with Crippen LogP contribution in [0.3, 0.4) is 0 Å². The summed E-state index contributed by atoms with van der Waals surface area (Å²) in [6.45, 7) is 2.61. The molecule has 1 atom stereocenters. The molecule has 0 saturated heterocycles. The van der Waals surface area contributed by atoms with E-state index < -0.39 is 23.2 Å². The molecular weight excluding hydrogens is 509 g/mol. The molecule has 3 N–H and O–H groups in total. The molecule has 0 aliphatic carbocycles. The molecule has 37 heavy (non-hydrogen) atoms. The van der Waals surface area contributed by atoms with E-state index in [0.29, 0.717) is 24.1 Å². The van der Waals surface area contributed by atoms with E-state index in [4.69, 9.17) is 5.73 Å². The number of alkyl halides is 3. The van der Waals surface area contributed by atoms with E-state index >= 15 is 0 Å². The van der Waals surface area contributed by atoms with Crippen LogP contribution in [0.15, 0.2) is 66.7 Å². The molecule has 3 aromatic carbocycles. The smallest absolute Gasteiger partial charge is 0.334 e. The van der Waals surface area contributed by atoms with Crippen LogP contribution in [0.4, 0.5) is 27.6 Å². The molecule has 4 nitrogen and oxygen atoms in total. The minimum Gasteiger partial charge on any atom is -0.334 e. The fourth-order valence-corrected chi connectivity index (χ4v) is 4.23. The maximum Gasteiger partial charge on any atom is 0.461 e. The lowest BCUT2D eigenvalue weighted by atomic mass is 10.0. The van der Waals surface area contributed by atoms with Gasteiger partial charge in [-0.05, 0) is 72.4 Å². The van der Waals surface area contributed by atoms with Crippen LogP contribution in [0.25, 0.3) is 0 Å². The molecule has 0 aliphatic rings. The van der Waals surface area contributed by atoms with Crippen molar-refractivity contribution in [3.63, 3.8) is 0 Å². The van der Waals surface area contributed by atoms with Gasteiger partial charge in [-0.25, -0.2) is 8.78 Å². The van der Waals surface area contributed by atoms with Gasteiger partial charge >= 0.3 is 5.51 Å². The first-order chi connectivity index (χ1) is 17.5. The Hall–Kier alpha value is -3.11. The lowest BCUT2D eigenvalue weighted by molar-refractivity contribution is -0.0323. The normalized spacial score (nSPS) is 12.3. The summed E-state index contributed by atoms with van der Waals surface area (Å²) in [5.41, 5.74) is 4.80. The van der Waals surface area contributed by atoms with Gasteiger partial charge in [-0.3, -0.25) is 4.79 Å². The lowest BCUT2D eigenvalue weighted by Crippen LogP contribution is -2.35. The SMILES string of the molecule is CCc1cccc(CN(CC[C@@H](N)Cc2cc(F)cc(F)c2)C(=O)c2ccc(NSC(F)(F)F)cc2)c1. The van der Waals surface area contributed by atoms with E-state index in [-0.39, 0.29) is 36.5 Å². The third kappa shape index (κ3) is 9.36. The highest BCUT2D eigenvalue weighted by atomic mass is 32.2. The zero-order chi connectivity index (χ0) is 27.0. The molecule has 0 spiro atoms. The fraction of sp³-hybridized carbons (Fsp3) is 0.296. The number of halogens is 5. The van der Waals surface area contributed by atoms with Gasteiger partial charge in [0, 0.05) is 36.4 Å². The molecule has 3 aromatic rings. The predicted molar refractivity (Wildman–Crippen MR) is 137 cm³/mol. The Morgan fingerprint density at radius 3 is 2.24 bits per heavy atom. The van der Waals surface area contributed by atoms with Crippen LogP contribution < -0.4 is 10.5 Å². The first kappa shape index (κ1) is 28.5. The second kappa shape index (κ2) is 12.9. The van der Waals surface area contributed by atoms with Gasteiger partial charge in [0.25, 0.3) is 5.91 Å². The molecular formula is C27H28F5N3OS. The second-order valence-corrected chi connectivity index (χ2v) is 9.53. The van der Waals surface area contributed by atoms with E-state index in [0.717, 1.165) is 23.6 Å². The monoisotopic (exact) mass is 537 g/mol. The van der Waals surface area contributed by atoms with Gasteiger partial charge in [0.1, 0.15) is 11.6 Å². The van der Waals surface area contributed by atoms with Crippen LogP contribution in [0.5, 0.6) is 0 Å². The molecule has 0 aromatic heterocycles. The quantitative estimate of drug-likeness (QED) is 0.211. The van der Waals surface area contributed by atoms with E-state index in [1.807, 2.05) is 31.2 Å². The summed E-state index contributed by atoms with van der Waals surface area (Å²) in [5.74, 6) is -1.66. The van der Waals surface area contributed by atoms with Gasteiger partial charge in [-0.1, -0.05) is 31.2 Å². The van der Waals surface area contributed by atoms with Crippen LogP contribution in [-0.4, -0.2) is 28.9 Å². The lowest BCUT2D eigenvalue weighted by Gasteiger charge is -2.25. The van der Waals surface area contributed by atoms with Gasteiger partial charge in [0.15, 0.2) is 0 Å². The van der Waals surface area contributed by atoms with Crippen molar-refractivity contribution < 1.29 is 26.7 Å². The topological polar surface area (TPSA) is 58.4 Å². The average molecular weight is 538 g/mol. The van der Waals surface area contributed by atoms with Crippen LogP contribution in [-0.2, 0) is 19.4 Å². The number of nitrogens with zero attached hydrogens (tertiary/aromatic N) is 1. The summed E-state index contributed by atoms with van der Waals surface area (Å²) in [6, 6.07) is 16.4. The van der Waals surface area contributed by atoms with Gasteiger partial charge in [-0.15, -0.1) is 0 Å². The Morgan fingerprint density at radius 1 is 0.973 bits per heavy atom. The molecule has 0 radical (unpaired) electrons. The summed E-state index contributed by atoms with van der Waals surface area (Å²) in [4.78, 5) is 15.0. The maximum atomic E-state index is 13.5. The molecule has 3 rings (SSSR count). The molecule has 0 fully saturated rings. The van der Waals surface area contributed by atoms with Crippen molar-refractivity contribution in [3.05, 3.63) is 101 Å². The van der Waals surface area contributed by atoms with Gasteiger partial charge in [-0.2, -0.15) is 13.2 Å². The van der Waals surface area contributed by atoms with Crippen molar-refractivity contribution in [1.82, 2.24) is 4.90 Å². The predicted octanol–water partition coefficient (Wildman–Crippen LogP) is 6.71. The van der Waals surface area contributed by atoms with Gasteiger partial charge in [0.05, 0.1) is 11.9 Å². The third-order valence-electron chi connectivity index (χ3n) is 5.67. The molecule has 0 heterocycles. The highest BCUT2D eigenvalue weighted by molar-refractivity contribution is 8.01. The fourth-order valence-electron chi connectivity index (χ4n) is 3.86.